The highest BCUT2D eigenvalue weighted by Gasteiger charge is 2.25. The number of hydrogen-bond acceptors (Lipinski definition) is 4. The summed E-state index contributed by atoms with van der Waals surface area (Å²) in [6.45, 7) is 5.83. The van der Waals surface area contributed by atoms with Crippen molar-refractivity contribution < 1.29 is 19.0 Å². The number of para-hydroxylation sites is 1. The van der Waals surface area contributed by atoms with Crippen molar-refractivity contribution in [2.75, 3.05) is 32.9 Å². The van der Waals surface area contributed by atoms with Gasteiger partial charge in [-0.2, -0.15) is 0 Å². The van der Waals surface area contributed by atoms with Gasteiger partial charge in [-0.3, -0.25) is 4.79 Å². The Hall–Kier alpha value is -2.24. The monoisotopic (exact) mass is 389 g/mol. The first-order chi connectivity index (χ1) is 13.0. The molecule has 0 N–H and O–H groups in total. The lowest BCUT2D eigenvalue weighted by atomic mass is 10.2. The number of carbonyl (C=O) groups excluding carboxylic acids is 1. The van der Waals surface area contributed by atoms with Gasteiger partial charge in [0.15, 0.2) is 6.61 Å². The van der Waals surface area contributed by atoms with Gasteiger partial charge in [-0.15, -0.1) is 0 Å². The van der Waals surface area contributed by atoms with Crippen LogP contribution in [0.15, 0.2) is 42.5 Å². The van der Waals surface area contributed by atoms with E-state index in [0.29, 0.717) is 31.3 Å². The highest BCUT2D eigenvalue weighted by atomic mass is 35.5. The highest BCUT2D eigenvalue weighted by molar-refractivity contribution is 6.31. The van der Waals surface area contributed by atoms with E-state index in [4.69, 9.17) is 25.8 Å². The third-order valence-corrected chi connectivity index (χ3v) is 4.93. The van der Waals surface area contributed by atoms with Crippen LogP contribution in [0.5, 0.6) is 11.5 Å². The summed E-state index contributed by atoms with van der Waals surface area (Å²) in [6.07, 6.45) is -0.169. The number of morpholine rings is 1. The first-order valence-corrected chi connectivity index (χ1v) is 9.37. The van der Waals surface area contributed by atoms with Gasteiger partial charge in [0.05, 0.1) is 13.2 Å². The van der Waals surface area contributed by atoms with Crippen LogP contribution in [0.4, 0.5) is 0 Å². The predicted molar refractivity (Wildman–Crippen MR) is 105 cm³/mol. The lowest BCUT2D eigenvalue weighted by Gasteiger charge is -2.32. The van der Waals surface area contributed by atoms with Crippen LogP contribution in [0.1, 0.15) is 11.1 Å². The van der Waals surface area contributed by atoms with Crippen molar-refractivity contribution in [1.29, 1.82) is 0 Å². The fourth-order valence-corrected chi connectivity index (χ4v) is 3.01. The molecule has 1 saturated heterocycles. The molecule has 0 aromatic heterocycles. The molecule has 3 rings (SSSR count). The normalized spacial score (nSPS) is 16.9. The van der Waals surface area contributed by atoms with Crippen LogP contribution in [-0.4, -0.2) is 49.8 Å². The zero-order chi connectivity index (χ0) is 19.2. The van der Waals surface area contributed by atoms with Crippen LogP contribution < -0.4 is 9.47 Å². The van der Waals surface area contributed by atoms with E-state index in [-0.39, 0.29) is 18.6 Å². The molecule has 27 heavy (non-hydrogen) atoms. The summed E-state index contributed by atoms with van der Waals surface area (Å²) >= 11 is 6.03. The number of aryl methyl sites for hydroxylation is 2. The van der Waals surface area contributed by atoms with Crippen LogP contribution in [0.25, 0.3) is 0 Å². The Kier molecular flexibility index (Phi) is 6.58. The number of benzene rings is 2. The Morgan fingerprint density at radius 3 is 2.78 bits per heavy atom. The number of rotatable bonds is 6. The van der Waals surface area contributed by atoms with E-state index >= 15 is 0 Å². The number of amides is 1. The van der Waals surface area contributed by atoms with Gasteiger partial charge in [-0.05, 0) is 49.2 Å². The maximum atomic E-state index is 12.5. The van der Waals surface area contributed by atoms with Crippen molar-refractivity contribution in [2.24, 2.45) is 0 Å². The molecule has 144 valence electrons. The molecule has 1 amide bonds. The molecule has 0 spiro atoms. The van der Waals surface area contributed by atoms with Crippen LogP contribution in [-0.2, 0) is 9.53 Å². The van der Waals surface area contributed by atoms with Crippen molar-refractivity contribution in [3.63, 3.8) is 0 Å². The quantitative estimate of drug-likeness (QED) is 0.756. The van der Waals surface area contributed by atoms with E-state index in [1.54, 1.807) is 4.90 Å². The molecule has 6 heteroatoms. The Balaban J connectivity index is 1.48. The predicted octanol–water partition coefficient (Wildman–Crippen LogP) is 3.64. The number of hydrogen-bond donors (Lipinski definition) is 0. The topological polar surface area (TPSA) is 48.0 Å². The average molecular weight is 390 g/mol. The molecule has 0 aliphatic carbocycles. The van der Waals surface area contributed by atoms with Gasteiger partial charge in [0, 0.05) is 11.6 Å². The maximum Gasteiger partial charge on any atom is 0.260 e. The minimum absolute atomic E-state index is 0.0226. The zero-order valence-corrected chi connectivity index (χ0v) is 16.4. The number of ether oxygens (including phenoxy) is 3. The molecule has 2 aromatic rings. The molecule has 1 aliphatic heterocycles. The lowest BCUT2D eigenvalue weighted by Crippen LogP contribution is -2.49. The molecule has 1 aliphatic rings. The molecule has 0 saturated carbocycles. The summed E-state index contributed by atoms with van der Waals surface area (Å²) in [5, 5.41) is 0.710. The summed E-state index contributed by atoms with van der Waals surface area (Å²) in [5.74, 6) is 1.43. The van der Waals surface area contributed by atoms with Crippen molar-refractivity contribution in [2.45, 2.75) is 20.0 Å². The molecule has 1 unspecified atom stereocenters. The first kappa shape index (κ1) is 19.5. The third kappa shape index (κ3) is 5.37. The van der Waals surface area contributed by atoms with Gasteiger partial charge in [0.2, 0.25) is 0 Å². The van der Waals surface area contributed by atoms with Crippen LogP contribution in [0.2, 0.25) is 5.02 Å². The molecule has 0 bridgehead atoms. The Labute approximate surface area is 164 Å². The second-order valence-electron chi connectivity index (χ2n) is 6.61. The smallest absolute Gasteiger partial charge is 0.260 e. The Morgan fingerprint density at radius 1 is 1.19 bits per heavy atom. The van der Waals surface area contributed by atoms with Gasteiger partial charge in [-0.25, -0.2) is 0 Å². The SMILES string of the molecule is Cc1cc(OCC2CN(C(=O)COc3ccccc3C)CCO2)ccc1Cl. The number of halogens is 1. The molecular weight excluding hydrogens is 366 g/mol. The molecule has 1 heterocycles. The van der Waals surface area contributed by atoms with Gasteiger partial charge in [0.1, 0.15) is 24.2 Å². The molecule has 5 nitrogen and oxygen atoms in total. The maximum absolute atomic E-state index is 12.5. The van der Waals surface area contributed by atoms with Gasteiger partial charge >= 0.3 is 0 Å². The molecule has 0 radical (unpaired) electrons. The first-order valence-electron chi connectivity index (χ1n) is 8.99. The van der Waals surface area contributed by atoms with Crippen LogP contribution in [0, 0.1) is 13.8 Å². The third-order valence-electron chi connectivity index (χ3n) is 4.50. The number of nitrogens with zero attached hydrogens (tertiary/aromatic N) is 1. The summed E-state index contributed by atoms with van der Waals surface area (Å²) in [4.78, 5) is 14.2. The Morgan fingerprint density at radius 2 is 2.00 bits per heavy atom. The van der Waals surface area contributed by atoms with E-state index in [2.05, 4.69) is 0 Å². The standard InChI is InChI=1S/C21H24ClNO4/c1-15-5-3-4-6-20(15)27-14-21(24)23-9-10-25-18(12-23)13-26-17-7-8-19(22)16(2)11-17/h3-8,11,18H,9-10,12-14H2,1-2H3. The van der Waals surface area contributed by atoms with E-state index in [1.165, 1.54) is 0 Å². The van der Waals surface area contributed by atoms with Crippen molar-refractivity contribution >= 4 is 17.5 Å². The lowest BCUT2D eigenvalue weighted by molar-refractivity contribution is -0.142. The summed E-state index contributed by atoms with van der Waals surface area (Å²) in [7, 11) is 0. The average Bonchev–Trinajstić information content (AvgIpc) is 2.68. The Bertz CT molecular complexity index is 796. The molecule has 1 fully saturated rings. The molecule has 1 atom stereocenters. The van der Waals surface area contributed by atoms with Gasteiger partial charge < -0.3 is 19.1 Å². The van der Waals surface area contributed by atoms with Crippen molar-refractivity contribution in [3.8, 4) is 11.5 Å². The minimum atomic E-state index is -0.169. The zero-order valence-electron chi connectivity index (χ0n) is 15.6. The van der Waals surface area contributed by atoms with Gasteiger partial charge in [-0.1, -0.05) is 29.8 Å². The fraction of sp³-hybridized carbons (Fsp3) is 0.381. The van der Waals surface area contributed by atoms with E-state index < -0.39 is 0 Å². The molecular formula is C21H24ClNO4. The summed E-state index contributed by atoms with van der Waals surface area (Å²) in [6, 6.07) is 13.2. The number of carbonyl (C=O) groups is 1. The minimum Gasteiger partial charge on any atom is -0.491 e. The van der Waals surface area contributed by atoms with E-state index in [0.717, 1.165) is 22.6 Å². The second-order valence-corrected chi connectivity index (χ2v) is 7.02. The highest BCUT2D eigenvalue weighted by Crippen LogP contribution is 2.21. The van der Waals surface area contributed by atoms with Crippen molar-refractivity contribution in [1.82, 2.24) is 4.90 Å². The summed E-state index contributed by atoms with van der Waals surface area (Å²) in [5.41, 5.74) is 1.97. The second kappa shape index (κ2) is 9.11. The van der Waals surface area contributed by atoms with Gasteiger partial charge in [0.25, 0.3) is 5.91 Å². The van der Waals surface area contributed by atoms with Crippen LogP contribution in [0.3, 0.4) is 0 Å². The molecule has 2 aromatic carbocycles. The van der Waals surface area contributed by atoms with E-state index in [9.17, 15) is 4.79 Å². The van der Waals surface area contributed by atoms with E-state index in [1.807, 2.05) is 56.3 Å². The summed E-state index contributed by atoms with van der Waals surface area (Å²) < 4.78 is 17.2. The van der Waals surface area contributed by atoms with Crippen molar-refractivity contribution in [3.05, 3.63) is 58.6 Å². The van der Waals surface area contributed by atoms with Crippen LogP contribution >= 0.6 is 11.6 Å². The fourth-order valence-electron chi connectivity index (χ4n) is 2.89. The largest absolute Gasteiger partial charge is 0.491 e.